The second-order valence-corrected chi connectivity index (χ2v) is 7.46. The first kappa shape index (κ1) is 21.3. The fraction of sp³-hybridized carbons (Fsp3) is 0.632. The molecule has 1 heterocycles. The van der Waals surface area contributed by atoms with Crippen LogP contribution >= 0.6 is 24.0 Å². The highest BCUT2D eigenvalue weighted by molar-refractivity contribution is 14.0. The van der Waals surface area contributed by atoms with Crippen molar-refractivity contribution >= 4 is 29.9 Å². The van der Waals surface area contributed by atoms with Crippen LogP contribution in [0.3, 0.4) is 0 Å². The summed E-state index contributed by atoms with van der Waals surface area (Å²) in [5, 5.41) is 3.39. The van der Waals surface area contributed by atoms with Crippen LogP contribution in [-0.4, -0.2) is 61.6 Å². The van der Waals surface area contributed by atoms with Crippen LogP contribution in [0.25, 0.3) is 0 Å². The van der Waals surface area contributed by atoms with Gasteiger partial charge in [0.2, 0.25) is 0 Å². The molecular formula is C19H29F2IN4. The standard InChI is InChI=1S/C19H28F2N4.HI/c1-13(2)12-24-7-9-25(10-8-24)19(22-3)23-17-11-14(17)18-15(20)5-4-6-16(18)21;/h4-6,13-14,17H,7-12H2,1-3H3,(H,22,23);1H. The van der Waals surface area contributed by atoms with Crippen molar-refractivity contribution in [2.24, 2.45) is 10.9 Å². The molecule has 1 aromatic rings. The van der Waals surface area contributed by atoms with Gasteiger partial charge in [-0.15, -0.1) is 24.0 Å². The Morgan fingerprint density at radius 3 is 2.35 bits per heavy atom. The van der Waals surface area contributed by atoms with Crippen molar-refractivity contribution in [2.75, 3.05) is 39.8 Å². The lowest BCUT2D eigenvalue weighted by Crippen LogP contribution is -2.53. The molecule has 0 radical (unpaired) electrons. The van der Waals surface area contributed by atoms with Crippen molar-refractivity contribution in [3.05, 3.63) is 35.4 Å². The van der Waals surface area contributed by atoms with E-state index < -0.39 is 11.6 Å². The van der Waals surface area contributed by atoms with Crippen molar-refractivity contribution in [3.63, 3.8) is 0 Å². The van der Waals surface area contributed by atoms with Crippen LogP contribution in [0, 0.1) is 17.6 Å². The smallest absolute Gasteiger partial charge is 0.193 e. The maximum absolute atomic E-state index is 13.9. The van der Waals surface area contributed by atoms with Gasteiger partial charge < -0.3 is 10.2 Å². The Kier molecular flexibility index (Phi) is 7.63. The van der Waals surface area contributed by atoms with Crippen molar-refractivity contribution in [1.82, 2.24) is 15.1 Å². The van der Waals surface area contributed by atoms with Crippen LogP contribution in [0.2, 0.25) is 0 Å². The maximum Gasteiger partial charge on any atom is 0.193 e. The van der Waals surface area contributed by atoms with Crippen LogP contribution < -0.4 is 5.32 Å². The summed E-state index contributed by atoms with van der Waals surface area (Å²) < 4.78 is 27.8. The molecule has 1 aliphatic carbocycles. The summed E-state index contributed by atoms with van der Waals surface area (Å²) in [7, 11) is 1.77. The van der Waals surface area contributed by atoms with Gasteiger partial charge >= 0.3 is 0 Å². The second kappa shape index (κ2) is 9.30. The molecule has 7 heteroatoms. The van der Waals surface area contributed by atoms with Gasteiger partial charge in [0, 0.05) is 57.3 Å². The summed E-state index contributed by atoms with van der Waals surface area (Å²) in [6.07, 6.45) is 0.740. The molecule has 1 aliphatic heterocycles. The molecule has 1 N–H and O–H groups in total. The Balaban J connectivity index is 0.00000243. The third kappa shape index (κ3) is 5.06. The first-order valence-electron chi connectivity index (χ1n) is 9.14. The molecule has 3 rings (SSSR count). The van der Waals surface area contributed by atoms with Crippen LogP contribution in [0.4, 0.5) is 8.78 Å². The lowest BCUT2D eigenvalue weighted by molar-refractivity contribution is 0.164. The number of hydrogen-bond donors (Lipinski definition) is 1. The Labute approximate surface area is 172 Å². The Morgan fingerprint density at radius 2 is 1.81 bits per heavy atom. The summed E-state index contributed by atoms with van der Waals surface area (Å²) >= 11 is 0. The van der Waals surface area contributed by atoms with Crippen LogP contribution in [0.5, 0.6) is 0 Å². The fourth-order valence-corrected chi connectivity index (χ4v) is 3.66. The number of nitrogens with one attached hydrogen (secondary N) is 1. The third-order valence-electron chi connectivity index (χ3n) is 4.98. The number of halogens is 3. The van der Waals surface area contributed by atoms with Gasteiger partial charge in [-0.3, -0.25) is 9.89 Å². The van der Waals surface area contributed by atoms with Crippen molar-refractivity contribution in [3.8, 4) is 0 Å². The molecule has 146 valence electrons. The van der Waals surface area contributed by atoms with Gasteiger partial charge in [0.15, 0.2) is 5.96 Å². The molecule has 1 saturated carbocycles. The second-order valence-electron chi connectivity index (χ2n) is 7.46. The van der Waals surface area contributed by atoms with E-state index in [-0.39, 0.29) is 41.5 Å². The van der Waals surface area contributed by atoms with E-state index in [1.54, 1.807) is 7.05 Å². The number of benzene rings is 1. The topological polar surface area (TPSA) is 30.9 Å². The van der Waals surface area contributed by atoms with Gasteiger partial charge in [-0.2, -0.15) is 0 Å². The first-order valence-corrected chi connectivity index (χ1v) is 9.14. The highest BCUT2D eigenvalue weighted by atomic mass is 127. The lowest BCUT2D eigenvalue weighted by atomic mass is 10.1. The predicted octanol–water partition coefficient (Wildman–Crippen LogP) is 3.29. The molecule has 0 aromatic heterocycles. The first-order chi connectivity index (χ1) is 12.0. The summed E-state index contributed by atoms with van der Waals surface area (Å²) in [5.74, 6) is 0.499. The molecule has 0 amide bonds. The van der Waals surface area contributed by atoms with Gasteiger partial charge in [0.1, 0.15) is 11.6 Å². The number of hydrogen-bond acceptors (Lipinski definition) is 2. The molecule has 2 fully saturated rings. The molecule has 0 spiro atoms. The van der Waals surface area contributed by atoms with Crippen LogP contribution in [0.15, 0.2) is 23.2 Å². The van der Waals surface area contributed by atoms with Gasteiger partial charge in [-0.1, -0.05) is 19.9 Å². The largest absolute Gasteiger partial charge is 0.353 e. The van der Waals surface area contributed by atoms with E-state index in [0.717, 1.165) is 45.1 Å². The van der Waals surface area contributed by atoms with Gasteiger partial charge in [-0.25, -0.2) is 8.78 Å². The fourth-order valence-electron chi connectivity index (χ4n) is 3.66. The van der Waals surface area contributed by atoms with Crippen molar-refractivity contribution < 1.29 is 8.78 Å². The van der Waals surface area contributed by atoms with Gasteiger partial charge in [-0.05, 0) is 24.5 Å². The van der Waals surface area contributed by atoms with Gasteiger partial charge in [0.25, 0.3) is 0 Å². The Bertz CT molecular complexity index is 610. The average molecular weight is 478 g/mol. The summed E-state index contributed by atoms with van der Waals surface area (Å²) in [6.45, 7) is 9.50. The van der Waals surface area contributed by atoms with E-state index in [4.69, 9.17) is 0 Å². The maximum atomic E-state index is 13.9. The monoisotopic (exact) mass is 478 g/mol. The highest BCUT2D eigenvalue weighted by Gasteiger charge is 2.43. The molecular weight excluding hydrogens is 449 g/mol. The molecule has 26 heavy (non-hydrogen) atoms. The van der Waals surface area contributed by atoms with Gasteiger partial charge in [0.05, 0.1) is 0 Å². The van der Waals surface area contributed by atoms with E-state index in [1.807, 2.05) is 0 Å². The van der Waals surface area contributed by atoms with Crippen molar-refractivity contribution in [1.29, 1.82) is 0 Å². The zero-order chi connectivity index (χ0) is 18.0. The predicted molar refractivity (Wildman–Crippen MR) is 112 cm³/mol. The minimum Gasteiger partial charge on any atom is -0.353 e. The minimum absolute atomic E-state index is 0. The summed E-state index contributed by atoms with van der Waals surface area (Å²) in [6, 6.07) is 4.13. The number of nitrogens with zero attached hydrogens (tertiary/aromatic N) is 3. The number of aliphatic imine (C=N–C) groups is 1. The molecule has 2 unspecified atom stereocenters. The van der Waals surface area contributed by atoms with E-state index in [9.17, 15) is 8.78 Å². The lowest BCUT2D eigenvalue weighted by Gasteiger charge is -2.37. The molecule has 1 aromatic carbocycles. The Hall–Kier alpha value is -0.960. The SMILES string of the molecule is CN=C(NC1CC1c1c(F)cccc1F)N1CCN(CC(C)C)CC1.I. The normalized spacial score (nSPS) is 23.8. The zero-order valence-corrected chi connectivity index (χ0v) is 18.0. The quantitative estimate of drug-likeness (QED) is 0.410. The molecule has 2 atom stereocenters. The minimum atomic E-state index is -0.452. The number of rotatable bonds is 4. The number of guanidine groups is 1. The van der Waals surface area contributed by atoms with E-state index in [0.29, 0.717) is 5.92 Å². The van der Waals surface area contributed by atoms with Crippen molar-refractivity contribution in [2.45, 2.75) is 32.2 Å². The third-order valence-corrected chi connectivity index (χ3v) is 4.98. The zero-order valence-electron chi connectivity index (χ0n) is 15.7. The number of piperazine rings is 1. The summed E-state index contributed by atoms with van der Waals surface area (Å²) in [5.41, 5.74) is 0.206. The van der Waals surface area contributed by atoms with E-state index in [1.165, 1.54) is 18.2 Å². The van der Waals surface area contributed by atoms with E-state index >= 15 is 0 Å². The Morgan fingerprint density at radius 1 is 1.19 bits per heavy atom. The van der Waals surface area contributed by atoms with Crippen LogP contribution in [0.1, 0.15) is 31.7 Å². The molecule has 2 aliphatic rings. The highest BCUT2D eigenvalue weighted by Crippen LogP contribution is 2.43. The van der Waals surface area contributed by atoms with Crippen LogP contribution in [-0.2, 0) is 0 Å². The average Bonchev–Trinajstić information content (AvgIpc) is 3.31. The summed E-state index contributed by atoms with van der Waals surface area (Å²) in [4.78, 5) is 9.09. The van der Waals surface area contributed by atoms with E-state index in [2.05, 4.69) is 34.0 Å². The molecule has 1 saturated heterocycles. The molecule has 0 bridgehead atoms. The molecule has 4 nitrogen and oxygen atoms in total.